The highest BCUT2D eigenvalue weighted by Crippen LogP contribution is 2.22. The van der Waals surface area contributed by atoms with Gasteiger partial charge >= 0.3 is 5.97 Å². The minimum Gasteiger partial charge on any atom is -0.480 e. The van der Waals surface area contributed by atoms with Crippen molar-refractivity contribution >= 4 is 28.5 Å². The van der Waals surface area contributed by atoms with Gasteiger partial charge < -0.3 is 15.4 Å². The van der Waals surface area contributed by atoms with E-state index in [1.54, 1.807) is 0 Å². The number of non-ortho nitro benzene ring substituents is 1. The van der Waals surface area contributed by atoms with Crippen LogP contribution in [-0.4, -0.2) is 32.9 Å². The second-order valence-electron chi connectivity index (χ2n) is 6.03. The Balaban J connectivity index is 2.49. The molecule has 9 nitrogen and oxygen atoms in total. The first-order valence-electron chi connectivity index (χ1n) is 7.54. The summed E-state index contributed by atoms with van der Waals surface area (Å²) in [6.45, 7) is 3.63. The van der Waals surface area contributed by atoms with Crippen molar-refractivity contribution in [2.24, 2.45) is 5.92 Å². The average molecular weight is 347 g/mol. The summed E-state index contributed by atoms with van der Waals surface area (Å²) in [5.41, 5.74) is -0.677. The van der Waals surface area contributed by atoms with E-state index in [-0.39, 0.29) is 34.5 Å². The number of hydrogen-bond donors (Lipinski definition) is 3. The van der Waals surface area contributed by atoms with Gasteiger partial charge in [0.1, 0.15) is 6.04 Å². The number of nitro groups is 1. The normalized spacial score (nSPS) is 12.1. The molecule has 1 unspecified atom stereocenters. The fourth-order valence-corrected chi connectivity index (χ4v) is 2.47. The van der Waals surface area contributed by atoms with Crippen LogP contribution >= 0.6 is 0 Å². The standard InChI is InChI=1S/C16H17N3O6/c1-8(2)5-13(16(22)23)18-15(21)11-7-14(20)17-12-4-3-9(19(24)25)6-10(11)12/h3-4,6-8,13H,5H2,1-2H3,(H,17,20)(H,18,21)(H,22,23). The van der Waals surface area contributed by atoms with E-state index >= 15 is 0 Å². The zero-order valence-electron chi connectivity index (χ0n) is 13.6. The molecule has 132 valence electrons. The molecule has 0 aliphatic carbocycles. The molecule has 0 saturated heterocycles. The molecule has 1 amide bonds. The van der Waals surface area contributed by atoms with Crippen LogP contribution < -0.4 is 10.9 Å². The zero-order chi connectivity index (χ0) is 18.7. The number of fused-ring (bicyclic) bond motifs is 1. The lowest BCUT2D eigenvalue weighted by atomic mass is 10.0. The van der Waals surface area contributed by atoms with Gasteiger partial charge in [-0.05, 0) is 18.4 Å². The van der Waals surface area contributed by atoms with Crippen LogP contribution in [0.15, 0.2) is 29.1 Å². The smallest absolute Gasteiger partial charge is 0.326 e. The molecule has 0 aliphatic heterocycles. The summed E-state index contributed by atoms with van der Waals surface area (Å²) in [5.74, 6) is -1.94. The lowest BCUT2D eigenvalue weighted by Gasteiger charge is -2.17. The van der Waals surface area contributed by atoms with E-state index in [1.807, 2.05) is 13.8 Å². The number of carbonyl (C=O) groups excluding carboxylic acids is 1. The lowest BCUT2D eigenvalue weighted by Crippen LogP contribution is -2.42. The monoisotopic (exact) mass is 347 g/mol. The molecular weight excluding hydrogens is 330 g/mol. The Hall–Kier alpha value is -3.23. The number of nitro benzene ring substituents is 1. The summed E-state index contributed by atoms with van der Waals surface area (Å²) >= 11 is 0. The number of rotatable bonds is 6. The summed E-state index contributed by atoms with van der Waals surface area (Å²) < 4.78 is 0. The topological polar surface area (TPSA) is 142 Å². The van der Waals surface area contributed by atoms with Crippen LogP contribution in [-0.2, 0) is 4.79 Å². The first-order chi connectivity index (χ1) is 11.7. The van der Waals surface area contributed by atoms with Crippen LogP contribution in [0.3, 0.4) is 0 Å². The Morgan fingerprint density at radius 1 is 1.32 bits per heavy atom. The predicted molar refractivity (Wildman–Crippen MR) is 89.6 cm³/mol. The maximum atomic E-state index is 12.5. The average Bonchev–Trinajstić information content (AvgIpc) is 2.52. The Morgan fingerprint density at radius 3 is 2.56 bits per heavy atom. The summed E-state index contributed by atoms with van der Waals surface area (Å²) in [6.07, 6.45) is 0.211. The van der Waals surface area contributed by atoms with Gasteiger partial charge in [-0.2, -0.15) is 0 Å². The van der Waals surface area contributed by atoms with Crippen LogP contribution in [0.1, 0.15) is 30.6 Å². The summed E-state index contributed by atoms with van der Waals surface area (Å²) in [7, 11) is 0. The Labute approximate surface area is 141 Å². The highest BCUT2D eigenvalue weighted by Gasteiger charge is 2.23. The van der Waals surface area contributed by atoms with Gasteiger partial charge in [0, 0.05) is 29.1 Å². The molecule has 1 heterocycles. The molecule has 3 N–H and O–H groups in total. The van der Waals surface area contributed by atoms with Crippen molar-refractivity contribution in [3.8, 4) is 0 Å². The minimum absolute atomic E-state index is 0.0263. The second kappa shape index (κ2) is 7.12. The summed E-state index contributed by atoms with van der Waals surface area (Å²) in [5, 5.41) is 22.7. The van der Waals surface area contributed by atoms with Gasteiger partial charge in [0.05, 0.1) is 10.5 Å². The number of H-pyrrole nitrogens is 1. The molecule has 9 heteroatoms. The third-order valence-electron chi connectivity index (χ3n) is 3.59. The maximum absolute atomic E-state index is 12.5. The SMILES string of the molecule is CC(C)CC(NC(=O)c1cc(=O)[nH]c2ccc([N+](=O)[O-])cc12)C(=O)O. The molecule has 2 rings (SSSR count). The Morgan fingerprint density at radius 2 is 2.00 bits per heavy atom. The molecule has 0 saturated carbocycles. The molecule has 0 bridgehead atoms. The van der Waals surface area contributed by atoms with Gasteiger partial charge in [-0.15, -0.1) is 0 Å². The number of nitrogens with one attached hydrogen (secondary N) is 2. The van der Waals surface area contributed by atoms with Crippen LogP contribution in [0, 0.1) is 16.0 Å². The van der Waals surface area contributed by atoms with Gasteiger partial charge in [-0.25, -0.2) is 4.79 Å². The van der Waals surface area contributed by atoms with Gasteiger partial charge in [0.15, 0.2) is 0 Å². The van der Waals surface area contributed by atoms with Gasteiger partial charge in [0.25, 0.3) is 11.6 Å². The van der Waals surface area contributed by atoms with Gasteiger partial charge in [-0.1, -0.05) is 13.8 Å². The molecule has 1 aromatic heterocycles. The van der Waals surface area contributed by atoms with Gasteiger partial charge in [0.2, 0.25) is 5.56 Å². The number of carbonyl (C=O) groups is 2. The number of carboxylic acids is 1. The molecule has 1 atom stereocenters. The van der Waals surface area contributed by atoms with Crippen molar-refractivity contribution in [1.82, 2.24) is 10.3 Å². The number of benzene rings is 1. The van der Waals surface area contributed by atoms with Gasteiger partial charge in [-0.3, -0.25) is 19.7 Å². The number of pyridine rings is 1. The Bertz CT molecular complexity index is 902. The fourth-order valence-electron chi connectivity index (χ4n) is 2.47. The number of aromatic amines is 1. The second-order valence-corrected chi connectivity index (χ2v) is 6.03. The van der Waals surface area contributed by atoms with Crippen LogP contribution in [0.2, 0.25) is 0 Å². The number of aliphatic carboxylic acids is 1. The van der Waals surface area contributed by atoms with E-state index in [9.17, 15) is 29.6 Å². The fraction of sp³-hybridized carbons (Fsp3) is 0.312. The minimum atomic E-state index is -1.19. The highest BCUT2D eigenvalue weighted by molar-refractivity contribution is 6.07. The zero-order valence-corrected chi connectivity index (χ0v) is 13.6. The number of aromatic nitrogens is 1. The van der Waals surface area contributed by atoms with Crippen molar-refractivity contribution in [2.75, 3.05) is 0 Å². The largest absolute Gasteiger partial charge is 0.480 e. The highest BCUT2D eigenvalue weighted by atomic mass is 16.6. The molecular formula is C16H17N3O6. The third kappa shape index (κ3) is 4.19. The van der Waals surface area contributed by atoms with E-state index in [2.05, 4.69) is 10.3 Å². The number of carboxylic acid groups (broad SMARTS) is 1. The van der Waals surface area contributed by atoms with E-state index in [0.29, 0.717) is 0 Å². The Kier molecular flexibility index (Phi) is 5.16. The van der Waals surface area contributed by atoms with Crippen LogP contribution in [0.5, 0.6) is 0 Å². The first-order valence-corrected chi connectivity index (χ1v) is 7.54. The number of hydrogen-bond acceptors (Lipinski definition) is 5. The molecule has 0 fully saturated rings. The van der Waals surface area contributed by atoms with Crippen molar-refractivity contribution in [3.63, 3.8) is 0 Å². The number of amides is 1. The molecule has 2 aromatic rings. The lowest BCUT2D eigenvalue weighted by molar-refractivity contribution is -0.384. The molecule has 25 heavy (non-hydrogen) atoms. The quantitative estimate of drug-likeness (QED) is 0.536. The maximum Gasteiger partial charge on any atom is 0.326 e. The van der Waals surface area contributed by atoms with E-state index in [4.69, 9.17) is 0 Å². The van der Waals surface area contributed by atoms with Crippen LogP contribution in [0.4, 0.5) is 5.69 Å². The van der Waals surface area contributed by atoms with Crippen molar-refractivity contribution in [1.29, 1.82) is 0 Å². The number of nitrogens with zero attached hydrogens (tertiary/aromatic N) is 1. The van der Waals surface area contributed by atoms with Crippen molar-refractivity contribution in [2.45, 2.75) is 26.3 Å². The predicted octanol–water partition coefficient (Wildman–Crippen LogP) is 1.67. The summed E-state index contributed by atoms with van der Waals surface area (Å²) in [4.78, 5) is 48.3. The molecule has 1 aromatic carbocycles. The van der Waals surface area contributed by atoms with E-state index in [1.165, 1.54) is 18.2 Å². The summed E-state index contributed by atoms with van der Waals surface area (Å²) in [6, 6.07) is 3.57. The molecule has 0 radical (unpaired) electrons. The van der Waals surface area contributed by atoms with Crippen molar-refractivity contribution < 1.29 is 19.6 Å². The van der Waals surface area contributed by atoms with E-state index in [0.717, 1.165) is 6.07 Å². The van der Waals surface area contributed by atoms with Crippen LogP contribution in [0.25, 0.3) is 10.9 Å². The van der Waals surface area contributed by atoms with E-state index < -0.39 is 28.4 Å². The van der Waals surface area contributed by atoms with Crippen molar-refractivity contribution in [3.05, 3.63) is 50.3 Å². The molecule has 0 aliphatic rings. The third-order valence-corrected chi connectivity index (χ3v) is 3.59. The first kappa shape index (κ1) is 18.1. The molecule has 0 spiro atoms.